The van der Waals surface area contributed by atoms with Gasteiger partial charge in [0.25, 0.3) is 0 Å². The van der Waals surface area contributed by atoms with Gasteiger partial charge in [0.15, 0.2) is 0 Å². The molecule has 15 heavy (non-hydrogen) atoms. The van der Waals surface area contributed by atoms with Crippen molar-refractivity contribution in [2.24, 2.45) is 0 Å². The summed E-state index contributed by atoms with van der Waals surface area (Å²) in [6.07, 6.45) is 4.37. The molecule has 2 aromatic rings. The maximum absolute atomic E-state index is 10.2. The molecule has 1 radical (unpaired) electrons. The van der Waals surface area contributed by atoms with E-state index in [-0.39, 0.29) is 28.8 Å². The Bertz CT molecular complexity index is 427. The van der Waals surface area contributed by atoms with Crippen LogP contribution in [0.5, 0.6) is 0 Å². The van der Waals surface area contributed by atoms with Gasteiger partial charge >= 0.3 is 0 Å². The van der Waals surface area contributed by atoms with Crippen LogP contribution in [0, 0.1) is 0 Å². The molecule has 0 fully saturated rings. The van der Waals surface area contributed by atoms with Crippen LogP contribution in [-0.2, 0) is 33.6 Å². The first-order valence-electron chi connectivity index (χ1n) is 4.24. The Morgan fingerprint density at radius 2 is 2.20 bits per heavy atom. The molecule has 5 heteroatoms. The maximum Gasteiger partial charge on any atom is 0.123 e. The van der Waals surface area contributed by atoms with E-state index in [1.54, 1.807) is 12.4 Å². The molecule has 0 spiro atoms. The van der Waals surface area contributed by atoms with Crippen molar-refractivity contribution in [3.8, 4) is 11.4 Å². The molecule has 0 aromatic carbocycles. The molecule has 2 rings (SSSR count). The molecule has 0 aliphatic rings. The van der Waals surface area contributed by atoms with Crippen molar-refractivity contribution in [3.05, 3.63) is 36.4 Å². The second kappa shape index (κ2) is 5.60. The minimum absolute atomic E-state index is 0. The number of carbonyl (C=O) groups excluding carboxylic acids is 1. The number of rotatable bonds is 3. The van der Waals surface area contributed by atoms with Crippen molar-refractivity contribution in [2.45, 2.75) is 6.42 Å². The molecule has 0 aliphatic heterocycles. The molecule has 0 bridgehead atoms. The SMILES string of the molecule is O=CCc1ncc(-c2ccccn2)[n-]1.[Ta]. The van der Waals surface area contributed by atoms with E-state index in [2.05, 4.69) is 15.0 Å². The molecule has 0 N–H and O–H groups in total. The fourth-order valence-electron chi connectivity index (χ4n) is 1.14. The van der Waals surface area contributed by atoms with Crippen LogP contribution in [0.25, 0.3) is 11.4 Å². The van der Waals surface area contributed by atoms with E-state index in [4.69, 9.17) is 0 Å². The van der Waals surface area contributed by atoms with Gasteiger partial charge in [-0.15, -0.1) is 0 Å². The molecule has 2 aromatic heterocycles. The van der Waals surface area contributed by atoms with Crippen LogP contribution in [0.4, 0.5) is 0 Å². The number of aldehydes is 1. The number of hydrogen-bond acceptors (Lipinski definition) is 3. The molecular formula is C10H8N3OTa-. The monoisotopic (exact) mass is 367 g/mol. The molecule has 4 nitrogen and oxygen atoms in total. The van der Waals surface area contributed by atoms with E-state index in [0.29, 0.717) is 11.5 Å². The van der Waals surface area contributed by atoms with Crippen LogP contribution < -0.4 is 4.98 Å². The largest absolute Gasteiger partial charge is 0.445 e. The van der Waals surface area contributed by atoms with Crippen molar-refractivity contribution >= 4 is 6.29 Å². The molecule has 0 saturated heterocycles. The Morgan fingerprint density at radius 3 is 2.87 bits per heavy atom. The van der Waals surface area contributed by atoms with Gasteiger partial charge in [0.1, 0.15) is 6.29 Å². The van der Waals surface area contributed by atoms with Crippen LogP contribution in [-0.4, -0.2) is 16.3 Å². The minimum atomic E-state index is 0. The fourth-order valence-corrected chi connectivity index (χ4v) is 1.14. The van der Waals surface area contributed by atoms with Gasteiger partial charge in [-0.1, -0.05) is 18.1 Å². The number of imidazole rings is 1. The fraction of sp³-hybridized carbons (Fsp3) is 0.100. The summed E-state index contributed by atoms with van der Waals surface area (Å²) in [7, 11) is 0. The zero-order valence-electron chi connectivity index (χ0n) is 7.87. The van der Waals surface area contributed by atoms with Crippen LogP contribution in [0.2, 0.25) is 0 Å². The first-order chi connectivity index (χ1) is 6.90. The zero-order chi connectivity index (χ0) is 9.80. The third-order valence-corrected chi connectivity index (χ3v) is 1.78. The number of carbonyl (C=O) groups is 1. The van der Waals surface area contributed by atoms with Crippen molar-refractivity contribution in [1.29, 1.82) is 0 Å². The molecule has 0 unspecified atom stereocenters. The summed E-state index contributed by atoms with van der Waals surface area (Å²) in [6, 6.07) is 5.58. The smallest absolute Gasteiger partial charge is 0.123 e. The Labute approximate surface area is 103 Å². The summed E-state index contributed by atoms with van der Waals surface area (Å²) in [4.78, 5) is 22.5. The third-order valence-electron chi connectivity index (χ3n) is 1.78. The van der Waals surface area contributed by atoms with E-state index in [1.165, 1.54) is 0 Å². The number of aromatic nitrogens is 3. The molecule has 0 atom stereocenters. The van der Waals surface area contributed by atoms with E-state index in [0.717, 1.165) is 12.0 Å². The normalized spacial score (nSPS) is 9.33. The van der Waals surface area contributed by atoms with E-state index < -0.39 is 0 Å². The average Bonchev–Trinajstić information content (AvgIpc) is 2.68. The summed E-state index contributed by atoms with van der Waals surface area (Å²) in [6.45, 7) is 0. The minimum Gasteiger partial charge on any atom is -0.445 e. The average molecular weight is 367 g/mol. The van der Waals surface area contributed by atoms with Crippen molar-refractivity contribution < 1.29 is 27.2 Å². The van der Waals surface area contributed by atoms with Gasteiger partial charge < -0.3 is 14.8 Å². The van der Waals surface area contributed by atoms with E-state index >= 15 is 0 Å². The van der Waals surface area contributed by atoms with Crippen LogP contribution in [0.1, 0.15) is 5.82 Å². The number of nitrogens with zero attached hydrogens (tertiary/aromatic N) is 3. The van der Waals surface area contributed by atoms with Gasteiger partial charge in [0, 0.05) is 35.0 Å². The van der Waals surface area contributed by atoms with Crippen molar-refractivity contribution in [1.82, 2.24) is 15.0 Å². The molecule has 75 valence electrons. The van der Waals surface area contributed by atoms with Gasteiger partial charge in [-0.25, -0.2) is 0 Å². The van der Waals surface area contributed by atoms with Gasteiger partial charge in [-0.3, -0.25) is 4.98 Å². The molecule has 2 heterocycles. The third kappa shape index (κ3) is 2.86. The quantitative estimate of drug-likeness (QED) is 0.755. The molecule has 0 amide bonds. The predicted octanol–water partition coefficient (Wildman–Crippen LogP) is 0.840. The first kappa shape index (κ1) is 11.8. The van der Waals surface area contributed by atoms with Crippen LogP contribution >= 0.6 is 0 Å². The zero-order valence-corrected chi connectivity index (χ0v) is 11.1. The Balaban J connectivity index is 0.00000112. The van der Waals surface area contributed by atoms with Crippen molar-refractivity contribution in [3.63, 3.8) is 0 Å². The second-order valence-electron chi connectivity index (χ2n) is 2.76. The van der Waals surface area contributed by atoms with E-state index in [9.17, 15) is 4.79 Å². The number of hydrogen-bond donors (Lipinski definition) is 0. The second-order valence-corrected chi connectivity index (χ2v) is 2.76. The summed E-state index contributed by atoms with van der Waals surface area (Å²) in [5.74, 6) is 0.542. The summed E-state index contributed by atoms with van der Waals surface area (Å²) < 4.78 is 0. The standard InChI is InChI=1S/C10H8N3O.Ta/c14-6-4-10-12-7-9(13-10)8-3-1-2-5-11-8;/h1-3,5-7H,4H2;/q-1;. The van der Waals surface area contributed by atoms with Gasteiger partial charge in [0.05, 0.1) is 5.69 Å². The van der Waals surface area contributed by atoms with Gasteiger partial charge in [-0.2, -0.15) is 0 Å². The summed E-state index contributed by atoms with van der Waals surface area (Å²) >= 11 is 0. The first-order valence-corrected chi connectivity index (χ1v) is 4.24. The van der Waals surface area contributed by atoms with E-state index in [1.807, 2.05) is 18.2 Å². The van der Waals surface area contributed by atoms with Crippen molar-refractivity contribution in [2.75, 3.05) is 0 Å². The Kier molecular flexibility index (Phi) is 4.42. The predicted molar refractivity (Wildman–Crippen MR) is 50.6 cm³/mol. The van der Waals surface area contributed by atoms with Gasteiger partial charge in [0.2, 0.25) is 0 Å². The topological polar surface area (TPSA) is 57.0 Å². The summed E-state index contributed by atoms with van der Waals surface area (Å²) in [5, 5.41) is 0. The summed E-state index contributed by atoms with van der Waals surface area (Å²) in [5.41, 5.74) is 1.49. The van der Waals surface area contributed by atoms with Crippen LogP contribution in [0.3, 0.4) is 0 Å². The molecule has 0 saturated carbocycles. The Morgan fingerprint density at radius 1 is 1.33 bits per heavy atom. The molecular weight excluding hydrogens is 359 g/mol. The molecule has 0 aliphatic carbocycles. The Hall–Kier alpha value is -1.23. The van der Waals surface area contributed by atoms with Crippen LogP contribution in [0.15, 0.2) is 30.6 Å². The maximum atomic E-state index is 10.2. The number of pyridine rings is 1. The van der Waals surface area contributed by atoms with Gasteiger partial charge in [-0.05, 0) is 17.8 Å².